The predicted octanol–water partition coefficient (Wildman–Crippen LogP) is 4.42. The summed E-state index contributed by atoms with van der Waals surface area (Å²) >= 11 is 1.36. The van der Waals surface area contributed by atoms with E-state index in [-0.39, 0.29) is 10.7 Å². The van der Waals surface area contributed by atoms with Crippen LogP contribution in [0.3, 0.4) is 0 Å². The Hall–Kier alpha value is -1.86. The second kappa shape index (κ2) is 7.58. The van der Waals surface area contributed by atoms with Crippen molar-refractivity contribution in [3.8, 4) is 0 Å². The summed E-state index contributed by atoms with van der Waals surface area (Å²) in [5.41, 5.74) is 1.59. The van der Waals surface area contributed by atoms with Gasteiger partial charge in [0.1, 0.15) is 10.7 Å². The van der Waals surface area contributed by atoms with Crippen LogP contribution in [0.15, 0.2) is 57.8 Å². The van der Waals surface area contributed by atoms with Crippen LogP contribution < -0.4 is 4.90 Å². The van der Waals surface area contributed by atoms with E-state index in [9.17, 15) is 12.8 Å². The highest BCUT2D eigenvalue weighted by molar-refractivity contribution is 8.14. The molecule has 25 heavy (non-hydrogen) atoms. The van der Waals surface area contributed by atoms with Crippen LogP contribution in [-0.2, 0) is 15.8 Å². The first-order valence-electron chi connectivity index (χ1n) is 8.10. The summed E-state index contributed by atoms with van der Waals surface area (Å²) < 4.78 is 42.0. The van der Waals surface area contributed by atoms with Crippen molar-refractivity contribution in [2.75, 3.05) is 11.4 Å². The molecular weight excluding hydrogens is 359 g/mol. The number of hydrogen-bond acceptors (Lipinski definition) is 4. The number of sulfonamides is 1. The molecule has 1 aliphatic rings. The van der Waals surface area contributed by atoms with Gasteiger partial charge < -0.3 is 4.90 Å². The molecule has 1 heterocycles. The van der Waals surface area contributed by atoms with Crippen molar-refractivity contribution in [3.05, 3.63) is 59.9 Å². The van der Waals surface area contributed by atoms with E-state index in [0.29, 0.717) is 23.2 Å². The SMILES string of the molecule is CCCCN1C(SCc2ccc(F)cc2)=NS(=O)(=O)c2ccccc21. The monoisotopic (exact) mass is 378 g/mol. The van der Waals surface area contributed by atoms with Crippen molar-refractivity contribution < 1.29 is 12.8 Å². The molecule has 0 bridgehead atoms. The lowest BCUT2D eigenvalue weighted by Gasteiger charge is -2.30. The normalized spacial score (nSPS) is 15.6. The van der Waals surface area contributed by atoms with Gasteiger partial charge in [-0.15, -0.1) is 4.40 Å². The Bertz CT molecular complexity index is 880. The molecule has 2 aromatic carbocycles. The Labute approximate surface area is 151 Å². The molecule has 0 N–H and O–H groups in total. The van der Waals surface area contributed by atoms with Crippen molar-refractivity contribution in [3.63, 3.8) is 0 Å². The highest BCUT2D eigenvalue weighted by atomic mass is 32.2. The van der Waals surface area contributed by atoms with E-state index in [1.54, 1.807) is 24.3 Å². The highest BCUT2D eigenvalue weighted by Crippen LogP contribution is 2.35. The molecule has 1 aliphatic heterocycles. The minimum Gasteiger partial charge on any atom is -0.319 e. The topological polar surface area (TPSA) is 49.7 Å². The molecule has 2 aromatic rings. The summed E-state index contributed by atoms with van der Waals surface area (Å²) in [5, 5.41) is 0.469. The van der Waals surface area contributed by atoms with E-state index in [1.807, 2.05) is 17.0 Å². The van der Waals surface area contributed by atoms with Crippen molar-refractivity contribution in [1.82, 2.24) is 0 Å². The highest BCUT2D eigenvalue weighted by Gasteiger charge is 2.30. The van der Waals surface area contributed by atoms with E-state index < -0.39 is 10.0 Å². The maximum Gasteiger partial charge on any atom is 0.286 e. The Kier molecular flexibility index (Phi) is 5.44. The first kappa shape index (κ1) is 17.9. The Balaban J connectivity index is 1.89. The molecule has 132 valence electrons. The van der Waals surface area contributed by atoms with E-state index >= 15 is 0 Å². The van der Waals surface area contributed by atoms with Crippen LogP contribution in [0.4, 0.5) is 10.1 Å². The average molecular weight is 378 g/mol. The van der Waals surface area contributed by atoms with E-state index in [4.69, 9.17) is 0 Å². The van der Waals surface area contributed by atoms with Gasteiger partial charge in [0.15, 0.2) is 5.17 Å². The summed E-state index contributed by atoms with van der Waals surface area (Å²) in [5.74, 6) is 0.240. The Morgan fingerprint density at radius 3 is 2.56 bits per heavy atom. The fourth-order valence-corrected chi connectivity index (χ4v) is 5.00. The fourth-order valence-electron chi connectivity index (χ4n) is 2.57. The first-order valence-corrected chi connectivity index (χ1v) is 10.5. The summed E-state index contributed by atoms with van der Waals surface area (Å²) in [6, 6.07) is 13.2. The maximum absolute atomic E-state index is 13.0. The lowest BCUT2D eigenvalue weighted by molar-refractivity contribution is 0.596. The largest absolute Gasteiger partial charge is 0.319 e. The smallest absolute Gasteiger partial charge is 0.286 e. The molecule has 0 fully saturated rings. The number of anilines is 1. The van der Waals surface area contributed by atoms with Gasteiger partial charge in [-0.1, -0.05) is 49.4 Å². The summed E-state index contributed by atoms with van der Waals surface area (Å²) in [6.07, 6.45) is 1.94. The molecule has 0 aromatic heterocycles. The van der Waals surface area contributed by atoms with Crippen LogP contribution in [0.5, 0.6) is 0 Å². The number of hydrogen-bond donors (Lipinski definition) is 0. The standard InChI is InChI=1S/C18H19FN2O2S2/c1-2-3-12-21-16-6-4-5-7-17(16)25(22,23)20-18(21)24-13-14-8-10-15(19)11-9-14/h4-11H,2-3,12-13H2,1H3. The third-order valence-corrected chi connectivity index (χ3v) is 6.36. The summed E-state index contributed by atoms with van der Waals surface area (Å²) in [7, 11) is -3.69. The lowest BCUT2D eigenvalue weighted by atomic mass is 10.2. The van der Waals surface area contributed by atoms with Crippen LogP contribution >= 0.6 is 11.8 Å². The van der Waals surface area contributed by atoms with Gasteiger partial charge in [0.2, 0.25) is 0 Å². The molecule has 0 aliphatic carbocycles. The van der Waals surface area contributed by atoms with Crippen LogP contribution in [0, 0.1) is 5.82 Å². The number of nitrogens with zero attached hydrogens (tertiary/aromatic N) is 2. The third kappa shape index (κ3) is 4.04. The van der Waals surface area contributed by atoms with Gasteiger partial charge in [-0.3, -0.25) is 0 Å². The number of halogens is 1. The number of thioether (sulfide) groups is 1. The first-order chi connectivity index (χ1) is 12.0. The molecule has 4 nitrogen and oxygen atoms in total. The van der Waals surface area contributed by atoms with Crippen LogP contribution in [0.1, 0.15) is 25.3 Å². The zero-order valence-corrected chi connectivity index (χ0v) is 15.5. The molecular formula is C18H19FN2O2S2. The average Bonchev–Trinajstić information content (AvgIpc) is 2.60. The van der Waals surface area contributed by atoms with Crippen molar-refractivity contribution in [1.29, 1.82) is 0 Å². The lowest BCUT2D eigenvalue weighted by Crippen LogP contribution is -2.34. The van der Waals surface area contributed by atoms with Crippen molar-refractivity contribution >= 4 is 32.6 Å². The number of amidine groups is 1. The van der Waals surface area contributed by atoms with E-state index in [0.717, 1.165) is 18.4 Å². The molecule has 0 radical (unpaired) electrons. The molecule has 3 rings (SSSR count). The van der Waals surface area contributed by atoms with Gasteiger partial charge in [0, 0.05) is 12.3 Å². The quantitative estimate of drug-likeness (QED) is 0.773. The van der Waals surface area contributed by atoms with Gasteiger partial charge >= 0.3 is 0 Å². The second-order valence-electron chi connectivity index (χ2n) is 5.74. The molecule has 0 saturated carbocycles. The third-order valence-electron chi connectivity index (χ3n) is 3.88. The van der Waals surface area contributed by atoms with Gasteiger partial charge in [0.25, 0.3) is 10.0 Å². The van der Waals surface area contributed by atoms with E-state index in [2.05, 4.69) is 11.3 Å². The fraction of sp³-hybridized carbons (Fsp3) is 0.278. The van der Waals surface area contributed by atoms with Gasteiger partial charge in [0.05, 0.1) is 5.69 Å². The van der Waals surface area contributed by atoms with Crippen LogP contribution in [-0.4, -0.2) is 20.1 Å². The molecule has 0 unspecified atom stereocenters. The van der Waals surface area contributed by atoms with E-state index in [1.165, 1.54) is 23.9 Å². The summed E-state index contributed by atoms with van der Waals surface area (Å²) in [6.45, 7) is 2.80. The van der Waals surface area contributed by atoms with Crippen LogP contribution in [0.25, 0.3) is 0 Å². The Morgan fingerprint density at radius 2 is 1.84 bits per heavy atom. The second-order valence-corrected chi connectivity index (χ2v) is 8.25. The zero-order chi connectivity index (χ0) is 17.9. The zero-order valence-electron chi connectivity index (χ0n) is 13.9. The minimum absolute atomic E-state index is 0.247. The Morgan fingerprint density at radius 1 is 1.12 bits per heavy atom. The van der Waals surface area contributed by atoms with Gasteiger partial charge in [-0.25, -0.2) is 4.39 Å². The molecule has 0 atom stereocenters. The van der Waals surface area contributed by atoms with Crippen molar-refractivity contribution in [2.45, 2.75) is 30.4 Å². The molecule has 0 saturated heterocycles. The number of fused-ring (bicyclic) bond motifs is 1. The number of rotatable bonds is 5. The molecule has 7 heteroatoms. The van der Waals surface area contributed by atoms with Gasteiger partial charge in [-0.2, -0.15) is 8.42 Å². The summed E-state index contributed by atoms with van der Waals surface area (Å²) in [4.78, 5) is 2.21. The van der Waals surface area contributed by atoms with Gasteiger partial charge in [-0.05, 0) is 36.2 Å². The maximum atomic E-state index is 13.0. The predicted molar refractivity (Wildman–Crippen MR) is 101 cm³/mol. The molecule has 0 spiro atoms. The minimum atomic E-state index is -3.69. The number of benzene rings is 2. The number of unbranched alkanes of at least 4 members (excludes halogenated alkanes) is 1. The molecule has 0 amide bonds. The van der Waals surface area contributed by atoms with Crippen molar-refractivity contribution in [2.24, 2.45) is 4.40 Å². The number of para-hydroxylation sites is 1. The van der Waals surface area contributed by atoms with Crippen LogP contribution in [0.2, 0.25) is 0 Å².